The van der Waals surface area contributed by atoms with Gasteiger partial charge in [0.05, 0.1) is 5.56 Å². The van der Waals surface area contributed by atoms with Crippen molar-refractivity contribution >= 4 is 17.4 Å². The van der Waals surface area contributed by atoms with Crippen LogP contribution in [0, 0.1) is 0 Å². The number of amides is 1. The standard InChI is InChI=1S/C25H24N4O2/c30-25(27-17-18-6-2-1-3-7-18)19-10-11-23-21(16-19)28-24(29-14-12-26-13-15-29)20-8-4-5-9-22(20)31-23/h1-11,16,26H,12-15,17H2,(H,27,30). The number of rotatable bonds is 3. The fraction of sp³-hybridized carbons (Fsp3) is 0.200. The third-order valence-corrected chi connectivity index (χ3v) is 5.51. The molecule has 3 aromatic carbocycles. The van der Waals surface area contributed by atoms with Crippen LogP contribution in [0.3, 0.4) is 0 Å². The second-order valence-electron chi connectivity index (χ2n) is 7.62. The molecule has 6 heteroatoms. The molecule has 1 fully saturated rings. The lowest BCUT2D eigenvalue weighted by Crippen LogP contribution is -2.46. The number of amidine groups is 1. The van der Waals surface area contributed by atoms with E-state index < -0.39 is 0 Å². The summed E-state index contributed by atoms with van der Waals surface area (Å²) in [7, 11) is 0. The van der Waals surface area contributed by atoms with Crippen molar-refractivity contribution in [2.45, 2.75) is 6.54 Å². The molecule has 2 aliphatic rings. The normalized spacial score (nSPS) is 15.1. The second-order valence-corrected chi connectivity index (χ2v) is 7.62. The van der Waals surface area contributed by atoms with E-state index in [0.717, 1.165) is 48.9 Å². The molecule has 156 valence electrons. The van der Waals surface area contributed by atoms with Gasteiger partial charge in [-0.2, -0.15) is 0 Å². The molecule has 0 atom stereocenters. The van der Waals surface area contributed by atoms with Crippen LogP contribution in [0.1, 0.15) is 21.5 Å². The molecular weight excluding hydrogens is 388 g/mol. The third kappa shape index (κ3) is 4.15. The van der Waals surface area contributed by atoms with Crippen LogP contribution < -0.4 is 15.4 Å². The second kappa shape index (κ2) is 8.62. The van der Waals surface area contributed by atoms with Gasteiger partial charge in [-0.1, -0.05) is 42.5 Å². The molecule has 0 spiro atoms. The van der Waals surface area contributed by atoms with Crippen molar-refractivity contribution in [2.75, 3.05) is 26.2 Å². The molecule has 2 N–H and O–H groups in total. The molecule has 1 saturated heterocycles. The Hall–Kier alpha value is -3.64. The summed E-state index contributed by atoms with van der Waals surface area (Å²) >= 11 is 0. The highest BCUT2D eigenvalue weighted by molar-refractivity contribution is 6.04. The van der Waals surface area contributed by atoms with Gasteiger partial charge in [0, 0.05) is 38.3 Å². The van der Waals surface area contributed by atoms with Crippen LogP contribution >= 0.6 is 0 Å². The number of piperazine rings is 1. The molecule has 2 aliphatic heterocycles. The molecule has 0 radical (unpaired) electrons. The Morgan fingerprint density at radius 3 is 2.58 bits per heavy atom. The molecule has 0 bridgehead atoms. The summed E-state index contributed by atoms with van der Waals surface area (Å²) in [4.78, 5) is 20.0. The maximum Gasteiger partial charge on any atom is 0.251 e. The monoisotopic (exact) mass is 412 g/mol. The van der Waals surface area contributed by atoms with Crippen LogP contribution in [0.4, 0.5) is 5.69 Å². The molecule has 0 unspecified atom stereocenters. The average molecular weight is 412 g/mol. The lowest BCUT2D eigenvalue weighted by Gasteiger charge is -2.30. The zero-order valence-electron chi connectivity index (χ0n) is 17.2. The molecule has 3 aromatic rings. The summed E-state index contributed by atoms with van der Waals surface area (Å²) in [6.07, 6.45) is 0. The number of hydrogen-bond acceptors (Lipinski definition) is 5. The number of aliphatic imine (C=N–C) groups is 1. The SMILES string of the molecule is O=C(NCc1ccccc1)c1ccc2c(c1)N=C(N1CCNCC1)c1ccccc1O2. The Labute approximate surface area is 181 Å². The number of benzene rings is 3. The maximum atomic E-state index is 12.8. The van der Waals surface area contributed by atoms with Gasteiger partial charge in [-0.3, -0.25) is 4.79 Å². The van der Waals surface area contributed by atoms with Gasteiger partial charge in [-0.15, -0.1) is 0 Å². The average Bonchev–Trinajstić information content (AvgIpc) is 3.00. The predicted molar refractivity (Wildman–Crippen MR) is 121 cm³/mol. The van der Waals surface area contributed by atoms with Crippen molar-refractivity contribution in [3.63, 3.8) is 0 Å². The van der Waals surface area contributed by atoms with Crippen molar-refractivity contribution in [2.24, 2.45) is 4.99 Å². The number of carbonyl (C=O) groups is 1. The molecule has 0 saturated carbocycles. The van der Waals surface area contributed by atoms with Crippen molar-refractivity contribution in [1.29, 1.82) is 0 Å². The van der Waals surface area contributed by atoms with E-state index >= 15 is 0 Å². The summed E-state index contributed by atoms with van der Waals surface area (Å²) in [5, 5.41) is 6.37. The molecule has 1 amide bonds. The Kier molecular flexibility index (Phi) is 5.37. The van der Waals surface area contributed by atoms with Gasteiger partial charge in [-0.05, 0) is 35.9 Å². The van der Waals surface area contributed by atoms with E-state index in [1.165, 1.54) is 0 Å². The third-order valence-electron chi connectivity index (χ3n) is 5.51. The zero-order chi connectivity index (χ0) is 21.0. The first-order valence-corrected chi connectivity index (χ1v) is 10.6. The zero-order valence-corrected chi connectivity index (χ0v) is 17.2. The Morgan fingerprint density at radius 1 is 0.968 bits per heavy atom. The minimum absolute atomic E-state index is 0.132. The van der Waals surface area contributed by atoms with Crippen LogP contribution in [0.15, 0.2) is 77.8 Å². The number of hydrogen-bond donors (Lipinski definition) is 2. The van der Waals surface area contributed by atoms with Gasteiger partial charge in [0.25, 0.3) is 5.91 Å². The summed E-state index contributed by atoms with van der Waals surface area (Å²) < 4.78 is 6.20. The summed E-state index contributed by atoms with van der Waals surface area (Å²) in [5.74, 6) is 2.18. The van der Waals surface area contributed by atoms with Gasteiger partial charge in [0.1, 0.15) is 17.3 Å². The maximum absolute atomic E-state index is 12.8. The highest BCUT2D eigenvalue weighted by Crippen LogP contribution is 2.38. The van der Waals surface area contributed by atoms with E-state index in [9.17, 15) is 4.79 Å². The largest absolute Gasteiger partial charge is 0.454 e. The van der Waals surface area contributed by atoms with Gasteiger partial charge in [0.2, 0.25) is 0 Å². The molecule has 31 heavy (non-hydrogen) atoms. The fourth-order valence-electron chi connectivity index (χ4n) is 3.86. The first kappa shape index (κ1) is 19.3. The van der Waals surface area contributed by atoms with Gasteiger partial charge < -0.3 is 20.3 Å². The van der Waals surface area contributed by atoms with Crippen LogP contribution in [-0.4, -0.2) is 42.8 Å². The number of carbonyl (C=O) groups excluding carboxylic acids is 1. The summed E-state index contributed by atoms with van der Waals surface area (Å²) in [6.45, 7) is 4.06. The minimum Gasteiger partial charge on any atom is -0.454 e. The molecular formula is C25H24N4O2. The Morgan fingerprint density at radius 2 is 1.74 bits per heavy atom. The van der Waals surface area contributed by atoms with E-state index in [4.69, 9.17) is 9.73 Å². The van der Waals surface area contributed by atoms with Gasteiger partial charge in [-0.25, -0.2) is 4.99 Å². The van der Waals surface area contributed by atoms with Crippen molar-refractivity contribution < 1.29 is 9.53 Å². The van der Waals surface area contributed by atoms with Crippen molar-refractivity contribution in [3.05, 3.63) is 89.5 Å². The lowest BCUT2D eigenvalue weighted by atomic mass is 10.1. The predicted octanol–water partition coefficient (Wildman–Crippen LogP) is 3.71. The van der Waals surface area contributed by atoms with E-state index in [2.05, 4.69) is 15.5 Å². The van der Waals surface area contributed by atoms with Crippen LogP contribution in [0.25, 0.3) is 0 Å². The van der Waals surface area contributed by atoms with Gasteiger partial charge >= 0.3 is 0 Å². The smallest absolute Gasteiger partial charge is 0.251 e. The molecule has 2 heterocycles. The Balaban J connectivity index is 1.46. The lowest BCUT2D eigenvalue weighted by molar-refractivity contribution is 0.0951. The summed E-state index contributed by atoms with van der Waals surface area (Å²) in [6, 6.07) is 23.3. The molecule has 6 nitrogen and oxygen atoms in total. The number of nitrogens with zero attached hydrogens (tertiary/aromatic N) is 2. The first-order valence-electron chi connectivity index (χ1n) is 10.6. The van der Waals surface area contributed by atoms with Crippen LogP contribution in [0.2, 0.25) is 0 Å². The molecule has 5 rings (SSSR count). The van der Waals surface area contributed by atoms with Crippen LogP contribution in [0.5, 0.6) is 11.5 Å². The topological polar surface area (TPSA) is 66.0 Å². The van der Waals surface area contributed by atoms with Gasteiger partial charge in [0.15, 0.2) is 5.75 Å². The minimum atomic E-state index is -0.132. The molecule has 0 aliphatic carbocycles. The highest BCUT2D eigenvalue weighted by Gasteiger charge is 2.24. The van der Waals surface area contributed by atoms with E-state index in [1.54, 1.807) is 6.07 Å². The number of fused-ring (bicyclic) bond motifs is 2. The highest BCUT2D eigenvalue weighted by atomic mass is 16.5. The number of nitrogens with one attached hydrogen (secondary N) is 2. The molecule has 0 aromatic heterocycles. The fourth-order valence-corrected chi connectivity index (χ4v) is 3.86. The van der Waals surface area contributed by atoms with E-state index in [0.29, 0.717) is 23.5 Å². The van der Waals surface area contributed by atoms with Crippen molar-refractivity contribution in [1.82, 2.24) is 15.5 Å². The number of para-hydroxylation sites is 1. The number of ether oxygens (including phenoxy) is 1. The Bertz CT molecular complexity index is 1120. The van der Waals surface area contributed by atoms with Crippen molar-refractivity contribution in [3.8, 4) is 11.5 Å². The first-order chi connectivity index (χ1) is 15.3. The van der Waals surface area contributed by atoms with E-state index in [-0.39, 0.29) is 5.91 Å². The van der Waals surface area contributed by atoms with Crippen LogP contribution in [-0.2, 0) is 6.54 Å². The summed E-state index contributed by atoms with van der Waals surface area (Å²) in [5.41, 5.74) is 3.25. The van der Waals surface area contributed by atoms with E-state index in [1.807, 2.05) is 66.7 Å². The quantitative estimate of drug-likeness (QED) is 0.688.